The molecule has 1 fully saturated rings. The van der Waals surface area contributed by atoms with Crippen LogP contribution in [0.4, 0.5) is 0 Å². The maximum Gasteiger partial charge on any atom is 0.255 e. The molecule has 0 bridgehead atoms. The molecule has 3 aromatic rings. The van der Waals surface area contributed by atoms with E-state index in [1.165, 1.54) is 0 Å². The summed E-state index contributed by atoms with van der Waals surface area (Å²) in [4.78, 5) is 42.6. The summed E-state index contributed by atoms with van der Waals surface area (Å²) < 4.78 is 1.83. The average Bonchev–Trinajstić information content (AvgIpc) is 3.48. The van der Waals surface area contributed by atoms with Crippen molar-refractivity contribution in [3.63, 3.8) is 0 Å². The van der Waals surface area contributed by atoms with Crippen LogP contribution >= 0.6 is 11.3 Å². The van der Waals surface area contributed by atoms with E-state index in [9.17, 15) is 14.4 Å². The van der Waals surface area contributed by atoms with Crippen molar-refractivity contribution in [3.05, 3.63) is 51.6 Å². The number of fused-ring (bicyclic) bond motifs is 1. The molecule has 0 saturated carbocycles. The lowest BCUT2D eigenvalue weighted by Crippen LogP contribution is -2.52. The van der Waals surface area contributed by atoms with E-state index in [4.69, 9.17) is 0 Å². The highest BCUT2D eigenvalue weighted by Crippen LogP contribution is 2.31. The normalized spacial score (nSPS) is 19.2. The molecule has 10 heteroatoms. The van der Waals surface area contributed by atoms with Gasteiger partial charge in [0.25, 0.3) is 5.91 Å². The molecule has 4 heterocycles. The van der Waals surface area contributed by atoms with Crippen molar-refractivity contribution >= 4 is 29.1 Å². The molecule has 164 valence electrons. The van der Waals surface area contributed by atoms with Crippen LogP contribution in [0, 0.1) is 6.92 Å². The first-order valence-electron chi connectivity index (χ1n) is 10.5. The lowest BCUT2D eigenvalue weighted by Gasteiger charge is -2.29. The minimum Gasteiger partial charge on any atom is -0.322 e. The first-order valence-corrected chi connectivity index (χ1v) is 11.4. The van der Waals surface area contributed by atoms with Gasteiger partial charge in [-0.15, -0.1) is 16.4 Å². The summed E-state index contributed by atoms with van der Waals surface area (Å²) in [6.07, 6.45) is 3.27. The molecule has 2 atom stereocenters. The van der Waals surface area contributed by atoms with Gasteiger partial charge in [0.1, 0.15) is 11.7 Å². The van der Waals surface area contributed by atoms with E-state index < -0.39 is 11.9 Å². The monoisotopic (exact) mass is 450 g/mol. The fourth-order valence-electron chi connectivity index (χ4n) is 4.20. The number of nitrogens with one attached hydrogen (secondary N) is 1. The molecule has 2 unspecified atom stereocenters. The summed E-state index contributed by atoms with van der Waals surface area (Å²) in [5.74, 6) is -0.882. The molecule has 5 rings (SSSR count). The number of thiazole rings is 1. The van der Waals surface area contributed by atoms with E-state index in [2.05, 4.69) is 27.5 Å². The molecule has 0 aliphatic carbocycles. The van der Waals surface area contributed by atoms with Gasteiger partial charge in [-0.2, -0.15) is 0 Å². The number of carbonyl (C=O) groups excluding carboxylic acids is 3. The standard InChI is InChI=1S/C22H22N6O3S/c1-12-11-32-20(23-12)7-13(2)28-10-17(25-26-28)14-3-4-16-15(8-14)9-27(22(16)31)18-5-6-19(29)24-21(18)30/h3-4,8,10-11,13,18H,5-7,9H2,1-2H3,(H,24,29,30). The Bertz CT molecular complexity index is 1230. The largest absolute Gasteiger partial charge is 0.322 e. The van der Waals surface area contributed by atoms with Gasteiger partial charge in [0, 0.05) is 41.6 Å². The quantitative estimate of drug-likeness (QED) is 0.597. The van der Waals surface area contributed by atoms with Crippen LogP contribution < -0.4 is 5.32 Å². The number of rotatable bonds is 5. The molecule has 2 aliphatic rings. The smallest absolute Gasteiger partial charge is 0.255 e. The predicted octanol–water partition coefficient (Wildman–Crippen LogP) is 2.27. The Labute approximate surface area is 188 Å². The van der Waals surface area contributed by atoms with Crippen LogP contribution in [0.5, 0.6) is 0 Å². The highest BCUT2D eigenvalue weighted by atomic mass is 32.1. The number of aryl methyl sites for hydroxylation is 1. The lowest BCUT2D eigenvalue weighted by atomic mass is 10.0. The Hall–Kier alpha value is -3.40. The number of carbonyl (C=O) groups is 3. The summed E-state index contributed by atoms with van der Waals surface area (Å²) in [7, 11) is 0. The number of piperidine rings is 1. The van der Waals surface area contributed by atoms with Gasteiger partial charge < -0.3 is 4.90 Å². The van der Waals surface area contributed by atoms with Gasteiger partial charge in [0.05, 0.1) is 17.2 Å². The molecule has 32 heavy (non-hydrogen) atoms. The zero-order valence-electron chi connectivity index (χ0n) is 17.7. The highest BCUT2D eigenvalue weighted by Gasteiger charge is 2.39. The molecule has 1 saturated heterocycles. The molecular weight excluding hydrogens is 428 g/mol. The van der Waals surface area contributed by atoms with Crippen molar-refractivity contribution in [2.75, 3.05) is 0 Å². The van der Waals surface area contributed by atoms with E-state index in [-0.39, 0.29) is 24.3 Å². The summed E-state index contributed by atoms with van der Waals surface area (Å²) >= 11 is 1.65. The maximum absolute atomic E-state index is 12.9. The topological polar surface area (TPSA) is 110 Å². The third-order valence-electron chi connectivity index (χ3n) is 5.92. The van der Waals surface area contributed by atoms with Crippen molar-refractivity contribution in [1.82, 2.24) is 30.2 Å². The van der Waals surface area contributed by atoms with Crippen LogP contribution in [0.2, 0.25) is 0 Å². The van der Waals surface area contributed by atoms with Crippen molar-refractivity contribution in [3.8, 4) is 11.3 Å². The van der Waals surface area contributed by atoms with E-state index in [0.717, 1.165) is 33.9 Å². The summed E-state index contributed by atoms with van der Waals surface area (Å²) in [6.45, 7) is 4.40. The van der Waals surface area contributed by atoms with Gasteiger partial charge in [-0.25, -0.2) is 9.67 Å². The zero-order chi connectivity index (χ0) is 22.4. The number of aromatic nitrogens is 4. The molecule has 2 aliphatic heterocycles. The van der Waals surface area contributed by atoms with Crippen LogP contribution in [0.25, 0.3) is 11.3 Å². The van der Waals surface area contributed by atoms with Crippen LogP contribution in [-0.4, -0.2) is 48.6 Å². The highest BCUT2D eigenvalue weighted by molar-refractivity contribution is 7.09. The van der Waals surface area contributed by atoms with Crippen molar-refractivity contribution in [2.45, 2.75) is 51.7 Å². The first kappa shape index (κ1) is 20.5. The SMILES string of the molecule is Cc1csc(CC(C)n2cc(-c3ccc4c(c3)CN(C3CCC(=O)NC3=O)C4=O)nn2)n1. The van der Waals surface area contributed by atoms with Gasteiger partial charge in [-0.05, 0) is 38.0 Å². The van der Waals surface area contributed by atoms with Crippen LogP contribution in [0.15, 0.2) is 29.8 Å². The molecule has 0 radical (unpaired) electrons. The van der Waals surface area contributed by atoms with Gasteiger partial charge in [-0.1, -0.05) is 11.3 Å². The minimum atomic E-state index is -0.618. The molecule has 3 amide bonds. The Balaban J connectivity index is 1.33. The van der Waals surface area contributed by atoms with E-state index in [1.54, 1.807) is 22.3 Å². The minimum absolute atomic E-state index is 0.112. The van der Waals surface area contributed by atoms with E-state index in [1.807, 2.05) is 35.3 Å². The van der Waals surface area contributed by atoms with Crippen LogP contribution in [0.3, 0.4) is 0 Å². The lowest BCUT2D eigenvalue weighted by molar-refractivity contribution is -0.136. The third kappa shape index (κ3) is 3.70. The fourth-order valence-corrected chi connectivity index (χ4v) is 5.09. The Morgan fingerprint density at radius 2 is 2.12 bits per heavy atom. The second kappa shape index (κ2) is 7.94. The molecule has 9 nitrogen and oxygen atoms in total. The van der Waals surface area contributed by atoms with E-state index in [0.29, 0.717) is 18.5 Å². The number of nitrogens with zero attached hydrogens (tertiary/aromatic N) is 5. The maximum atomic E-state index is 12.9. The predicted molar refractivity (Wildman–Crippen MR) is 117 cm³/mol. The van der Waals surface area contributed by atoms with Gasteiger partial charge >= 0.3 is 0 Å². The second-order valence-electron chi connectivity index (χ2n) is 8.29. The number of amides is 3. The first-order chi connectivity index (χ1) is 15.4. The molecular formula is C22H22N6O3S. The Kier molecular flexibility index (Phi) is 5.09. The van der Waals surface area contributed by atoms with Gasteiger partial charge in [0.15, 0.2) is 0 Å². The fraction of sp³-hybridized carbons (Fsp3) is 0.364. The van der Waals surface area contributed by atoms with Crippen LogP contribution in [0.1, 0.15) is 52.4 Å². The Morgan fingerprint density at radius 3 is 2.88 bits per heavy atom. The third-order valence-corrected chi connectivity index (χ3v) is 6.91. The Morgan fingerprint density at radius 1 is 1.28 bits per heavy atom. The van der Waals surface area contributed by atoms with Crippen LogP contribution in [-0.2, 0) is 22.6 Å². The van der Waals surface area contributed by atoms with Gasteiger partial charge in [-0.3, -0.25) is 19.7 Å². The molecule has 1 N–H and O–H groups in total. The number of hydrogen-bond donors (Lipinski definition) is 1. The van der Waals surface area contributed by atoms with Crippen molar-refractivity contribution in [2.24, 2.45) is 0 Å². The van der Waals surface area contributed by atoms with Crippen molar-refractivity contribution in [1.29, 1.82) is 0 Å². The van der Waals surface area contributed by atoms with Crippen molar-refractivity contribution < 1.29 is 14.4 Å². The van der Waals surface area contributed by atoms with Gasteiger partial charge in [0.2, 0.25) is 11.8 Å². The number of benzene rings is 1. The average molecular weight is 451 g/mol. The molecule has 2 aromatic heterocycles. The summed E-state index contributed by atoms with van der Waals surface area (Å²) in [6, 6.07) is 5.06. The zero-order valence-corrected chi connectivity index (χ0v) is 18.6. The number of imide groups is 1. The molecule has 0 spiro atoms. The molecule has 1 aromatic carbocycles. The van der Waals surface area contributed by atoms with E-state index >= 15 is 0 Å². The summed E-state index contributed by atoms with van der Waals surface area (Å²) in [5.41, 5.74) is 4.04. The summed E-state index contributed by atoms with van der Waals surface area (Å²) in [5, 5.41) is 14.0. The second-order valence-corrected chi connectivity index (χ2v) is 9.23. The number of hydrogen-bond acceptors (Lipinski definition) is 7.